The molecule has 0 saturated heterocycles. The Morgan fingerprint density at radius 1 is 1.04 bits per heavy atom. The van der Waals surface area contributed by atoms with Gasteiger partial charge in [-0.05, 0) is 37.0 Å². The number of hydrogen-bond acceptors (Lipinski definition) is 1. The molecule has 0 aliphatic carbocycles. The lowest BCUT2D eigenvalue weighted by Crippen LogP contribution is -2.41. The topological polar surface area (TPSA) is 25.2 Å². The molecule has 0 N–H and O–H groups in total. The Morgan fingerprint density at radius 2 is 1.77 bits per heavy atom. The summed E-state index contributed by atoms with van der Waals surface area (Å²) in [6.45, 7) is 10.3. The minimum atomic E-state index is 0.240. The molecule has 0 radical (unpaired) electrons. The van der Waals surface area contributed by atoms with E-state index in [4.69, 9.17) is 0 Å². The molecule has 0 bridgehead atoms. The first-order chi connectivity index (χ1) is 12.5. The number of nitrogens with zero attached hydrogens (tertiary/aromatic N) is 2. The van der Waals surface area contributed by atoms with E-state index in [1.165, 1.54) is 11.3 Å². The van der Waals surface area contributed by atoms with Crippen LogP contribution in [-0.2, 0) is 17.9 Å². The third-order valence-corrected chi connectivity index (χ3v) is 5.22. The SMILES string of the molecule is CCCCCC(=O)N(Cc1cccn1Cc1ccccc1)[C@H](C)C(C)C. The molecule has 3 heteroatoms. The van der Waals surface area contributed by atoms with Crippen molar-refractivity contribution in [2.24, 2.45) is 5.92 Å². The van der Waals surface area contributed by atoms with E-state index in [9.17, 15) is 4.79 Å². The summed E-state index contributed by atoms with van der Waals surface area (Å²) < 4.78 is 2.26. The van der Waals surface area contributed by atoms with E-state index in [1.807, 2.05) is 6.07 Å². The molecule has 0 saturated carbocycles. The normalized spacial score (nSPS) is 12.3. The maximum absolute atomic E-state index is 12.9. The van der Waals surface area contributed by atoms with Gasteiger partial charge in [-0.1, -0.05) is 63.9 Å². The molecule has 1 amide bonds. The van der Waals surface area contributed by atoms with Crippen LogP contribution in [0.15, 0.2) is 48.7 Å². The largest absolute Gasteiger partial charge is 0.345 e. The highest BCUT2D eigenvalue weighted by Gasteiger charge is 2.23. The molecule has 26 heavy (non-hydrogen) atoms. The second-order valence-corrected chi connectivity index (χ2v) is 7.58. The predicted molar refractivity (Wildman–Crippen MR) is 109 cm³/mol. The van der Waals surface area contributed by atoms with Gasteiger partial charge in [0.05, 0.1) is 6.54 Å². The van der Waals surface area contributed by atoms with Crippen molar-refractivity contribution in [2.45, 2.75) is 72.5 Å². The number of aromatic nitrogens is 1. The summed E-state index contributed by atoms with van der Waals surface area (Å²) in [4.78, 5) is 15.0. The van der Waals surface area contributed by atoms with Crippen molar-refractivity contribution < 1.29 is 4.79 Å². The van der Waals surface area contributed by atoms with Gasteiger partial charge >= 0.3 is 0 Å². The van der Waals surface area contributed by atoms with Crippen LogP contribution in [0.2, 0.25) is 0 Å². The van der Waals surface area contributed by atoms with E-state index in [2.05, 4.69) is 79.8 Å². The number of benzene rings is 1. The van der Waals surface area contributed by atoms with Gasteiger partial charge in [-0.15, -0.1) is 0 Å². The molecule has 1 atom stereocenters. The molecule has 3 nitrogen and oxygen atoms in total. The van der Waals surface area contributed by atoms with Gasteiger partial charge in [-0.3, -0.25) is 4.79 Å². The van der Waals surface area contributed by atoms with Gasteiger partial charge in [0, 0.05) is 30.9 Å². The zero-order chi connectivity index (χ0) is 18.9. The van der Waals surface area contributed by atoms with Crippen molar-refractivity contribution in [3.8, 4) is 0 Å². The molecular formula is C23H34N2O. The smallest absolute Gasteiger partial charge is 0.223 e. The van der Waals surface area contributed by atoms with Crippen LogP contribution < -0.4 is 0 Å². The number of amides is 1. The first-order valence-electron chi connectivity index (χ1n) is 10.00. The van der Waals surface area contributed by atoms with Gasteiger partial charge in [0.1, 0.15) is 0 Å². The second-order valence-electron chi connectivity index (χ2n) is 7.58. The minimum Gasteiger partial charge on any atom is -0.345 e. The van der Waals surface area contributed by atoms with Crippen LogP contribution in [-0.4, -0.2) is 21.4 Å². The molecule has 0 unspecified atom stereocenters. The summed E-state index contributed by atoms with van der Waals surface area (Å²) in [6.07, 6.45) is 6.03. The van der Waals surface area contributed by atoms with E-state index in [0.29, 0.717) is 18.9 Å². The zero-order valence-electron chi connectivity index (χ0n) is 16.8. The lowest BCUT2D eigenvalue weighted by Gasteiger charge is -2.32. The van der Waals surface area contributed by atoms with Gasteiger partial charge in [0.25, 0.3) is 0 Å². The van der Waals surface area contributed by atoms with E-state index in [1.54, 1.807) is 0 Å². The average molecular weight is 355 g/mol. The van der Waals surface area contributed by atoms with Crippen LogP contribution in [0.3, 0.4) is 0 Å². The fraction of sp³-hybridized carbons (Fsp3) is 0.522. The Bertz CT molecular complexity index is 660. The van der Waals surface area contributed by atoms with Crippen LogP contribution in [0.25, 0.3) is 0 Å². The number of hydrogen-bond donors (Lipinski definition) is 0. The molecule has 2 aromatic rings. The Morgan fingerprint density at radius 3 is 2.42 bits per heavy atom. The summed E-state index contributed by atoms with van der Waals surface area (Å²) >= 11 is 0. The molecular weight excluding hydrogens is 320 g/mol. The fourth-order valence-electron chi connectivity index (χ4n) is 3.19. The summed E-state index contributed by atoms with van der Waals surface area (Å²) in [5.41, 5.74) is 2.48. The molecule has 0 fully saturated rings. The highest BCUT2D eigenvalue weighted by molar-refractivity contribution is 5.76. The lowest BCUT2D eigenvalue weighted by atomic mass is 10.0. The molecule has 142 valence electrons. The number of carbonyl (C=O) groups is 1. The molecule has 1 aromatic carbocycles. The van der Waals surface area contributed by atoms with Crippen LogP contribution >= 0.6 is 0 Å². The van der Waals surface area contributed by atoms with Gasteiger partial charge in [-0.25, -0.2) is 0 Å². The highest BCUT2D eigenvalue weighted by atomic mass is 16.2. The van der Waals surface area contributed by atoms with Crippen LogP contribution in [0, 0.1) is 5.92 Å². The Kier molecular flexibility index (Phi) is 7.96. The number of carbonyl (C=O) groups excluding carboxylic acids is 1. The van der Waals surface area contributed by atoms with Crippen molar-refractivity contribution in [2.75, 3.05) is 0 Å². The highest BCUT2D eigenvalue weighted by Crippen LogP contribution is 2.18. The van der Waals surface area contributed by atoms with Crippen LogP contribution in [0.4, 0.5) is 0 Å². The summed E-state index contributed by atoms with van der Waals surface area (Å²) in [7, 11) is 0. The van der Waals surface area contributed by atoms with Crippen molar-refractivity contribution >= 4 is 5.91 Å². The third kappa shape index (κ3) is 5.76. The zero-order valence-corrected chi connectivity index (χ0v) is 16.8. The third-order valence-electron chi connectivity index (χ3n) is 5.22. The molecule has 0 aliphatic heterocycles. The first kappa shape index (κ1) is 20.3. The summed E-state index contributed by atoms with van der Waals surface area (Å²) in [5, 5.41) is 0. The quantitative estimate of drug-likeness (QED) is 0.518. The molecule has 2 rings (SSSR count). The first-order valence-corrected chi connectivity index (χ1v) is 10.00. The monoisotopic (exact) mass is 354 g/mol. The van der Waals surface area contributed by atoms with Crippen LogP contribution in [0.5, 0.6) is 0 Å². The van der Waals surface area contributed by atoms with Crippen molar-refractivity contribution in [3.05, 3.63) is 59.9 Å². The van der Waals surface area contributed by atoms with Gasteiger partial charge in [0.15, 0.2) is 0 Å². The van der Waals surface area contributed by atoms with Crippen LogP contribution in [0.1, 0.15) is 64.6 Å². The lowest BCUT2D eigenvalue weighted by molar-refractivity contribution is -0.135. The van der Waals surface area contributed by atoms with Crippen molar-refractivity contribution in [3.63, 3.8) is 0 Å². The van der Waals surface area contributed by atoms with Gasteiger partial charge in [-0.2, -0.15) is 0 Å². The predicted octanol–water partition coefficient (Wildman–Crippen LogP) is 5.49. The summed E-state index contributed by atoms with van der Waals surface area (Å²) in [6, 6.07) is 14.9. The summed E-state index contributed by atoms with van der Waals surface area (Å²) in [5.74, 6) is 0.731. The number of rotatable bonds is 10. The maximum atomic E-state index is 12.9. The Hall–Kier alpha value is -2.03. The fourth-order valence-corrected chi connectivity index (χ4v) is 3.19. The van der Waals surface area contributed by atoms with Gasteiger partial charge < -0.3 is 9.47 Å². The van der Waals surface area contributed by atoms with Crippen molar-refractivity contribution in [1.82, 2.24) is 9.47 Å². The molecule has 1 aromatic heterocycles. The maximum Gasteiger partial charge on any atom is 0.223 e. The molecule has 0 spiro atoms. The second kappa shape index (κ2) is 10.2. The minimum absolute atomic E-state index is 0.240. The van der Waals surface area contributed by atoms with Gasteiger partial charge in [0.2, 0.25) is 5.91 Å². The van der Waals surface area contributed by atoms with E-state index < -0.39 is 0 Å². The molecule has 1 heterocycles. The van der Waals surface area contributed by atoms with E-state index >= 15 is 0 Å². The van der Waals surface area contributed by atoms with E-state index in [0.717, 1.165) is 25.8 Å². The Labute approximate surface area is 159 Å². The Balaban J connectivity index is 2.12. The van der Waals surface area contributed by atoms with Crippen molar-refractivity contribution in [1.29, 1.82) is 0 Å². The number of unbranched alkanes of at least 4 members (excludes halogenated alkanes) is 2. The van der Waals surface area contributed by atoms with E-state index in [-0.39, 0.29) is 11.9 Å². The average Bonchev–Trinajstić information content (AvgIpc) is 3.06. The standard InChI is InChI=1S/C23H34N2O/c1-5-6-8-15-23(26)25(20(4)19(2)3)18-22-14-11-16-24(22)17-21-12-9-7-10-13-21/h7,9-14,16,19-20H,5-6,8,15,17-18H2,1-4H3/t20-/m1/s1. The molecule has 0 aliphatic rings.